The third kappa shape index (κ3) is 4.24. The highest BCUT2D eigenvalue weighted by Gasteiger charge is 2.19. The van der Waals surface area contributed by atoms with Gasteiger partial charge in [-0.1, -0.05) is 12.1 Å². The highest BCUT2D eigenvalue weighted by molar-refractivity contribution is 5.99. The van der Waals surface area contributed by atoms with E-state index in [0.717, 1.165) is 49.7 Å². The molecule has 0 spiro atoms. The van der Waals surface area contributed by atoms with Gasteiger partial charge in [-0.25, -0.2) is 4.79 Å². The number of benzene rings is 1. The summed E-state index contributed by atoms with van der Waals surface area (Å²) in [5.74, 6) is 0.0172. The minimum Gasteiger partial charge on any atom is -0.379 e. The Hall–Kier alpha value is -2.12. The summed E-state index contributed by atoms with van der Waals surface area (Å²) < 4.78 is 5.30. The van der Waals surface area contributed by atoms with E-state index in [9.17, 15) is 9.59 Å². The molecule has 2 aliphatic rings. The van der Waals surface area contributed by atoms with Gasteiger partial charge in [0.2, 0.25) is 5.91 Å². The smallest absolute Gasteiger partial charge is 0.315 e. The molecule has 3 N–H and O–H groups in total. The molecule has 2 aliphatic heterocycles. The van der Waals surface area contributed by atoms with Crippen LogP contribution in [-0.2, 0) is 16.0 Å². The first kappa shape index (κ1) is 16.7. The Bertz CT molecular complexity index is 614. The molecule has 7 nitrogen and oxygen atoms in total. The van der Waals surface area contributed by atoms with Crippen LogP contribution in [-0.4, -0.2) is 56.2 Å². The first-order valence-corrected chi connectivity index (χ1v) is 8.39. The van der Waals surface area contributed by atoms with Gasteiger partial charge in [-0.2, -0.15) is 0 Å². The van der Waals surface area contributed by atoms with Crippen LogP contribution in [0.25, 0.3) is 0 Å². The van der Waals surface area contributed by atoms with Gasteiger partial charge in [0.25, 0.3) is 0 Å². The second-order valence-corrected chi connectivity index (χ2v) is 6.22. The van der Waals surface area contributed by atoms with Gasteiger partial charge in [-0.3, -0.25) is 9.69 Å². The molecule has 7 heteroatoms. The SMILES string of the molecule is C[C@@H](NC(=O)NCCN1CCOCC1)c1ccc2c(c1)CC(=O)N2. The molecule has 130 valence electrons. The molecule has 0 aromatic heterocycles. The average molecular weight is 332 g/mol. The fourth-order valence-corrected chi connectivity index (χ4v) is 3.00. The van der Waals surface area contributed by atoms with Crippen LogP contribution >= 0.6 is 0 Å². The molecule has 1 fully saturated rings. The zero-order chi connectivity index (χ0) is 16.9. The van der Waals surface area contributed by atoms with Crippen molar-refractivity contribution in [1.29, 1.82) is 0 Å². The molecule has 3 amide bonds. The van der Waals surface area contributed by atoms with E-state index < -0.39 is 0 Å². The van der Waals surface area contributed by atoms with Crippen molar-refractivity contribution in [2.45, 2.75) is 19.4 Å². The van der Waals surface area contributed by atoms with Crippen molar-refractivity contribution in [3.63, 3.8) is 0 Å². The Morgan fingerprint density at radius 3 is 2.96 bits per heavy atom. The van der Waals surface area contributed by atoms with Gasteiger partial charge >= 0.3 is 6.03 Å². The zero-order valence-electron chi connectivity index (χ0n) is 13.9. The number of carbonyl (C=O) groups is 2. The van der Waals surface area contributed by atoms with Crippen LogP contribution in [0.1, 0.15) is 24.1 Å². The van der Waals surface area contributed by atoms with Gasteiger partial charge in [0, 0.05) is 31.9 Å². The van der Waals surface area contributed by atoms with Crippen molar-refractivity contribution in [2.24, 2.45) is 0 Å². The van der Waals surface area contributed by atoms with E-state index in [1.807, 2.05) is 25.1 Å². The normalized spacial score (nSPS) is 18.6. The molecule has 0 radical (unpaired) electrons. The van der Waals surface area contributed by atoms with Gasteiger partial charge in [0.05, 0.1) is 25.7 Å². The molecule has 0 aliphatic carbocycles. The molecule has 1 aromatic rings. The van der Waals surface area contributed by atoms with E-state index in [2.05, 4.69) is 20.9 Å². The predicted octanol–water partition coefficient (Wildman–Crippen LogP) is 0.874. The largest absolute Gasteiger partial charge is 0.379 e. The van der Waals surface area contributed by atoms with Crippen molar-refractivity contribution in [3.8, 4) is 0 Å². The molecule has 0 saturated carbocycles. The number of fused-ring (bicyclic) bond motifs is 1. The number of urea groups is 1. The molecular weight excluding hydrogens is 308 g/mol. The van der Waals surface area contributed by atoms with Crippen LogP contribution < -0.4 is 16.0 Å². The van der Waals surface area contributed by atoms with E-state index in [-0.39, 0.29) is 18.0 Å². The second kappa shape index (κ2) is 7.63. The summed E-state index contributed by atoms with van der Waals surface area (Å²) >= 11 is 0. The van der Waals surface area contributed by atoms with E-state index in [1.165, 1.54) is 0 Å². The standard InChI is InChI=1S/C17H24N4O3/c1-12(13-2-3-15-14(10-13)11-16(22)20-15)19-17(23)18-4-5-21-6-8-24-9-7-21/h2-3,10,12H,4-9,11H2,1H3,(H,20,22)(H2,18,19,23)/t12-/m1/s1. The van der Waals surface area contributed by atoms with Crippen LogP contribution in [0.3, 0.4) is 0 Å². The van der Waals surface area contributed by atoms with E-state index >= 15 is 0 Å². The van der Waals surface area contributed by atoms with Crippen molar-refractivity contribution in [3.05, 3.63) is 29.3 Å². The maximum absolute atomic E-state index is 12.0. The zero-order valence-corrected chi connectivity index (χ0v) is 13.9. The van der Waals surface area contributed by atoms with Crippen molar-refractivity contribution < 1.29 is 14.3 Å². The first-order chi connectivity index (χ1) is 11.6. The fourth-order valence-electron chi connectivity index (χ4n) is 3.00. The lowest BCUT2D eigenvalue weighted by molar-refractivity contribution is -0.115. The molecule has 1 saturated heterocycles. The van der Waals surface area contributed by atoms with Crippen LogP contribution in [0.5, 0.6) is 0 Å². The Kier molecular flexibility index (Phi) is 5.32. The molecule has 1 aromatic carbocycles. The molecule has 2 heterocycles. The first-order valence-electron chi connectivity index (χ1n) is 8.39. The number of anilines is 1. The second-order valence-electron chi connectivity index (χ2n) is 6.22. The summed E-state index contributed by atoms with van der Waals surface area (Å²) in [5, 5.41) is 8.64. The van der Waals surface area contributed by atoms with E-state index in [1.54, 1.807) is 0 Å². The van der Waals surface area contributed by atoms with E-state index in [0.29, 0.717) is 13.0 Å². The monoisotopic (exact) mass is 332 g/mol. The maximum atomic E-state index is 12.0. The number of nitrogens with zero attached hydrogens (tertiary/aromatic N) is 1. The Morgan fingerprint density at radius 2 is 2.17 bits per heavy atom. The molecule has 1 atom stereocenters. The highest BCUT2D eigenvalue weighted by atomic mass is 16.5. The number of amides is 3. The van der Waals surface area contributed by atoms with Crippen LogP contribution in [0.4, 0.5) is 10.5 Å². The van der Waals surface area contributed by atoms with Crippen molar-refractivity contribution in [2.75, 3.05) is 44.7 Å². The fraction of sp³-hybridized carbons (Fsp3) is 0.529. The lowest BCUT2D eigenvalue weighted by Crippen LogP contribution is -2.44. The highest BCUT2D eigenvalue weighted by Crippen LogP contribution is 2.26. The number of nitrogens with one attached hydrogen (secondary N) is 3. The number of morpholine rings is 1. The molecule has 24 heavy (non-hydrogen) atoms. The van der Waals surface area contributed by atoms with Crippen LogP contribution in [0, 0.1) is 0 Å². The third-order valence-electron chi connectivity index (χ3n) is 4.42. The summed E-state index contributed by atoms with van der Waals surface area (Å²) in [4.78, 5) is 25.7. The average Bonchev–Trinajstić information content (AvgIpc) is 2.94. The minimum atomic E-state index is -0.176. The number of carbonyl (C=O) groups excluding carboxylic acids is 2. The van der Waals surface area contributed by atoms with Gasteiger partial charge in [-0.05, 0) is 24.1 Å². The van der Waals surface area contributed by atoms with Crippen LogP contribution in [0.2, 0.25) is 0 Å². The van der Waals surface area contributed by atoms with E-state index in [4.69, 9.17) is 4.74 Å². The van der Waals surface area contributed by atoms with Gasteiger partial charge in [0.15, 0.2) is 0 Å². The Balaban J connectivity index is 1.44. The molecule has 3 rings (SSSR count). The maximum Gasteiger partial charge on any atom is 0.315 e. The van der Waals surface area contributed by atoms with Gasteiger partial charge < -0.3 is 20.7 Å². The van der Waals surface area contributed by atoms with Crippen LogP contribution in [0.15, 0.2) is 18.2 Å². The molecule has 0 bridgehead atoms. The summed E-state index contributed by atoms with van der Waals surface area (Å²) in [6.45, 7) is 6.74. The lowest BCUT2D eigenvalue weighted by atomic mass is 10.0. The summed E-state index contributed by atoms with van der Waals surface area (Å²) in [6, 6.07) is 5.51. The Labute approximate surface area is 141 Å². The minimum absolute atomic E-state index is 0.0172. The van der Waals surface area contributed by atoms with Crippen molar-refractivity contribution >= 4 is 17.6 Å². The lowest BCUT2D eigenvalue weighted by Gasteiger charge is -2.26. The number of ether oxygens (including phenoxy) is 1. The number of hydrogen-bond donors (Lipinski definition) is 3. The summed E-state index contributed by atoms with van der Waals surface area (Å²) in [5.41, 5.74) is 2.85. The van der Waals surface area contributed by atoms with Crippen molar-refractivity contribution in [1.82, 2.24) is 15.5 Å². The Morgan fingerprint density at radius 1 is 1.38 bits per heavy atom. The summed E-state index contributed by atoms with van der Waals surface area (Å²) in [6.07, 6.45) is 0.404. The topological polar surface area (TPSA) is 82.7 Å². The molecule has 0 unspecified atom stereocenters. The quantitative estimate of drug-likeness (QED) is 0.747. The van der Waals surface area contributed by atoms with Gasteiger partial charge in [-0.15, -0.1) is 0 Å². The predicted molar refractivity (Wildman–Crippen MR) is 91.0 cm³/mol. The van der Waals surface area contributed by atoms with Gasteiger partial charge in [0.1, 0.15) is 0 Å². The third-order valence-corrected chi connectivity index (χ3v) is 4.42. The molecular formula is C17H24N4O3. The number of hydrogen-bond acceptors (Lipinski definition) is 4. The number of rotatable bonds is 5. The summed E-state index contributed by atoms with van der Waals surface area (Å²) in [7, 11) is 0.